The Bertz CT molecular complexity index is 603. The van der Waals surface area contributed by atoms with Crippen molar-refractivity contribution in [2.75, 3.05) is 0 Å². The molecular weight excluding hydrogens is 234 g/mol. The van der Waals surface area contributed by atoms with Crippen molar-refractivity contribution in [2.24, 2.45) is 5.41 Å². The first kappa shape index (κ1) is 11.3. The van der Waals surface area contributed by atoms with E-state index in [0.29, 0.717) is 0 Å². The van der Waals surface area contributed by atoms with Crippen LogP contribution in [-0.2, 0) is 16.6 Å². The van der Waals surface area contributed by atoms with Gasteiger partial charge in [0.1, 0.15) is 0 Å². The highest BCUT2D eigenvalue weighted by atomic mass is 16.1. The Balaban J connectivity index is 1.91. The van der Waals surface area contributed by atoms with Crippen LogP contribution >= 0.6 is 0 Å². The van der Waals surface area contributed by atoms with Crippen LogP contribution in [0, 0.1) is 5.41 Å². The van der Waals surface area contributed by atoms with Crippen LogP contribution in [0.5, 0.6) is 0 Å². The summed E-state index contributed by atoms with van der Waals surface area (Å²) in [6.45, 7) is 0. The first-order valence-corrected chi connectivity index (χ1v) is 7.25. The number of amides is 1. The molecule has 2 atom stereocenters. The monoisotopic (exact) mass is 252 g/mol. The summed E-state index contributed by atoms with van der Waals surface area (Å²) in [7, 11) is 0. The molecule has 2 nitrogen and oxygen atoms in total. The Labute approximate surface area is 113 Å². The summed E-state index contributed by atoms with van der Waals surface area (Å²) >= 11 is 0. The minimum atomic E-state index is -0.363. The van der Waals surface area contributed by atoms with Gasteiger partial charge in [-0.25, -0.2) is 0 Å². The Hall–Kier alpha value is -1.57. The molecule has 97 valence electrons. The number of benzene rings is 1. The smallest absolute Gasteiger partial charge is 0.245 e. The summed E-state index contributed by atoms with van der Waals surface area (Å²) < 4.78 is 0. The van der Waals surface area contributed by atoms with Gasteiger partial charge in [0.05, 0.1) is 5.41 Å². The van der Waals surface area contributed by atoms with Gasteiger partial charge in [0, 0.05) is 5.41 Å². The number of allylic oxidation sites excluding steroid dienone is 1. The van der Waals surface area contributed by atoms with Gasteiger partial charge in [-0.1, -0.05) is 36.8 Å². The highest BCUT2D eigenvalue weighted by molar-refractivity contribution is 5.85. The van der Waals surface area contributed by atoms with E-state index in [1.807, 2.05) is 0 Å². The maximum atomic E-state index is 12.0. The molecule has 0 bridgehead atoms. The zero-order chi connectivity index (χ0) is 13.1. The van der Waals surface area contributed by atoms with Crippen molar-refractivity contribution in [1.29, 1.82) is 0 Å². The number of fused-ring (bicyclic) bond motifs is 2. The van der Waals surface area contributed by atoms with Gasteiger partial charge >= 0.3 is 0 Å². The van der Waals surface area contributed by atoms with E-state index >= 15 is 0 Å². The topological polar surface area (TPSA) is 40.9 Å². The van der Waals surface area contributed by atoms with Crippen molar-refractivity contribution in [2.45, 2.75) is 43.9 Å². The summed E-state index contributed by atoms with van der Waals surface area (Å²) in [6.07, 6.45) is 10.5. The predicted molar refractivity (Wildman–Crippen MR) is 74.5 cm³/mol. The van der Waals surface area contributed by atoms with Gasteiger partial charge in [-0.15, -0.1) is 0 Å². The minimum absolute atomic E-state index is 0.0220. The molecule has 3 aliphatic rings. The molecule has 3 aliphatic carbocycles. The van der Waals surface area contributed by atoms with Crippen LogP contribution in [-0.4, -0.2) is 5.91 Å². The zero-order valence-electron chi connectivity index (χ0n) is 11.0. The maximum absolute atomic E-state index is 12.0. The first-order valence-electron chi connectivity index (χ1n) is 7.25. The number of carbonyl (C=O) groups is 1. The van der Waals surface area contributed by atoms with Gasteiger partial charge < -0.3 is 0 Å². The molecule has 1 aromatic rings. The van der Waals surface area contributed by atoms with E-state index in [-0.39, 0.29) is 16.7 Å². The second-order valence-corrected chi connectivity index (χ2v) is 6.33. The molecule has 0 heterocycles. The maximum Gasteiger partial charge on any atom is 0.245 e. The van der Waals surface area contributed by atoms with Crippen LogP contribution in [0.15, 0.2) is 24.3 Å². The lowest BCUT2D eigenvalue weighted by atomic mass is 9.47. The number of rotatable bonds is 2. The standard InChI is InChI=1S/C17H18NO/c18-15(19)17-9-3-8-16(17,10-11-17)14-7-2-5-12-4-1-6-13(12)14/h1-2,5-7,18H,3-4,8-11H2. The number of hydrogen-bond acceptors (Lipinski definition) is 1. The van der Waals surface area contributed by atoms with Crippen molar-refractivity contribution in [3.63, 3.8) is 0 Å². The lowest BCUT2D eigenvalue weighted by Crippen LogP contribution is -2.56. The molecule has 2 saturated carbocycles. The number of carbonyl (C=O) groups excluding carboxylic acids is 1. The SMILES string of the molecule is [NH]C(=O)C12CCCC1(c1cccc3c1C=CC3)CC2. The van der Waals surface area contributed by atoms with E-state index in [2.05, 4.69) is 30.4 Å². The lowest BCUT2D eigenvalue weighted by molar-refractivity contribution is -0.139. The quantitative estimate of drug-likeness (QED) is 0.796. The van der Waals surface area contributed by atoms with Crippen molar-refractivity contribution < 1.29 is 4.79 Å². The van der Waals surface area contributed by atoms with Gasteiger partial charge in [0.2, 0.25) is 5.91 Å². The Morgan fingerprint density at radius 2 is 2.05 bits per heavy atom. The van der Waals surface area contributed by atoms with E-state index in [1.165, 1.54) is 16.7 Å². The van der Waals surface area contributed by atoms with E-state index in [1.54, 1.807) is 0 Å². The summed E-state index contributed by atoms with van der Waals surface area (Å²) in [5, 5.41) is 0. The van der Waals surface area contributed by atoms with Crippen LogP contribution < -0.4 is 5.73 Å². The second-order valence-electron chi connectivity index (χ2n) is 6.33. The van der Waals surface area contributed by atoms with E-state index in [9.17, 15) is 4.79 Å². The van der Waals surface area contributed by atoms with Crippen LogP contribution in [0.2, 0.25) is 0 Å². The van der Waals surface area contributed by atoms with Gasteiger partial charge in [-0.3, -0.25) is 10.5 Å². The van der Waals surface area contributed by atoms with Crippen molar-refractivity contribution in [3.05, 3.63) is 41.0 Å². The van der Waals surface area contributed by atoms with Gasteiger partial charge in [-0.05, 0) is 48.8 Å². The van der Waals surface area contributed by atoms with Crippen LogP contribution in [0.1, 0.15) is 48.8 Å². The number of nitrogens with one attached hydrogen (secondary N) is 1. The Kier molecular flexibility index (Phi) is 2.08. The molecule has 2 heteroatoms. The van der Waals surface area contributed by atoms with E-state index < -0.39 is 0 Å². The molecule has 2 unspecified atom stereocenters. The highest BCUT2D eigenvalue weighted by Crippen LogP contribution is 2.68. The summed E-state index contributed by atoms with van der Waals surface area (Å²) in [5.41, 5.74) is 11.5. The lowest BCUT2D eigenvalue weighted by Gasteiger charge is -2.54. The Morgan fingerprint density at radius 1 is 1.16 bits per heavy atom. The summed E-state index contributed by atoms with van der Waals surface area (Å²) in [4.78, 5) is 12.0. The second kappa shape index (κ2) is 3.50. The fraction of sp³-hybridized carbons (Fsp3) is 0.471. The van der Waals surface area contributed by atoms with Gasteiger partial charge in [-0.2, -0.15) is 0 Å². The largest absolute Gasteiger partial charge is 0.273 e. The third kappa shape index (κ3) is 1.15. The molecule has 2 fully saturated rings. The molecule has 0 aliphatic heterocycles. The normalized spacial score (nSPS) is 34.7. The van der Waals surface area contributed by atoms with Crippen molar-refractivity contribution in [3.8, 4) is 0 Å². The fourth-order valence-electron chi connectivity index (χ4n) is 4.83. The van der Waals surface area contributed by atoms with Gasteiger partial charge in [0.15, 0.2) is 0 Å². The Morgan fingerprint density at radius 3 is 2.79 bits per heavy atom. The molecule has 0 saturated heterocycles. The number of hydrogen-bond donors (Lipinski definition) is 0. The van der Waals surface area contributed by atoms with Crippen LogP contribution in [0.3, 0.4) is 0 Å². The molecule has 4 rings (SSSR count). The van der Waals surface area contributed by atoms with Gasteiger partial charge in [0.25, 0.3) is 0 Å². The molecule has 1 radical (unpaired) electrons. The molecule has 1 N–H and O–H groups in total. The van der Waals surface area contributed by atoms with E-state index in [0.717, 1.165) is 38.5 Å². The average Bonchev–Trinajstić information content (AvgIpc) is 2.94. The molecule has 0 aromatic heterocycles. The molecular formula is C17H18NO. The van der Waals surface area contributed by atoms with Crippen molar-refractivity contribution in [1.82, 2.24) is 5.73 Å². The predicted octanol–water partition coefficient (Wildman–Crippen LogP) is 3.27. The third-order valence-electron chi connectivity index (χ3n) is 5.87. The van der Waals surface area contributed by atoms with E-state index in [4.69, 9.17) is 5.73 Å². The van der Waals surface area contributed by atoms with Crippen molar-refractivity contribution >= 4 is 12.0 Å². The molecule has 0 spiro atoms. The highest BCUT2D eigenvalue weighted by Gasteiger charge is 2.66. The molecule has 1 aromatic carbocycles. The molecule has 19 heavy (non-hydrogen) atoms. The summed E-state index contributed by atoms with van der Waals surface area (Å²) in [6, 6.07) is 6.52. The zero-order valence-corrected chi connectivity index (χ0v) is 11.0. The first-order chi connectivity index (χ1) is 9.20. The van der Waals surface area contributed by atoms with Crippen LogP contribution in [0.25, 0.3) is 6.08 Å². The average molecular weight is 252 g/mol. The van der Waals surface area contributed by atoms with Crippen LogP contribution in [0.4, 0.5) is 0 Å². The molecule has 1 amide bonds. The fourth-order valence-corrected chi connectivity index (χ4v) is 4.83. The minimum Gasteiger partial charge on any atom is -0.273 e. The summed E-state index contributed by atoms with van der Waals surface area (Å²) in [5.74, 6) is -0.323. The third-order valence-corrected chi connectivity index (χ3v) is 5.87.